The molecule has 102 valence electrons. The Labute approximate surface area is 120 Å². The maximum absolute atomic E-state index is 10.6. The molecule has 0 aromatic heterocycles. The third-order valence-corrected chi connectivity index (χ3v) is 4.13. The second kappa shape index (κ2) is 4.92. The van der Waals surface area contributed by atoms with Gasteiger partial charge in [-0.3, -0.25) is 0 Å². The predicted octanol–water partition coefficient (Wildman–Crippen LogP) is 4.17. The van der Waals surface area contributed by atoms with Crippen LogP contribution in [0.25, 0.3) is 11.6 Å². The van der Waals surface area contributed by atoms with Gasteiger partial charge in [-0.2, -0.15) is 0 Å². The molecule has 0 fully saturated rings. The van der Waals surface area contributed by atoms with Crippen molar-refractivity contribution < 1.29 is 5.11 Å². The van der Waals surface area contributed by atoms with E-state index in [-0.39, 0.29) is 5.92 Å². The zero-order valence-corrected chi connectivity index (χ0v) is 12.0. The van der Waals surface area contributed by atoms with Crippen LogP contribution >= 0.6 is 0 Å². The number of rotatable bonds is 2. The van der Waals surface area contributed by atoms with Gasteiger partial charge in [0, 0.05) is 5.92 Å². The van der Waals surface area contributed by atoms with Crippen LogP contribution in [0.4, 0.5) is 0 Å². The monoisotopic (exact) mass is 264 g/mol. The quantitative estimate of drug-likeness (QED) is 0.863. The van der Waals surface area contributed by atoms with Crippen molar-refractivity contribution in [2.24, 2.45) is 5.92 Å². The molecular formula is C19H20O. The first-order valence-electron chi connectivity index (χ1n) is 7.13. The highest BCUT2D eigenvalue weighted by Crippen LogP contribution is 2.40. The molecule has 1 aliphatic rings. The maximum Gasteiger partial charge on any atom is 0.0663 e. The lowest BCUT2D eigenvalue weighted by Crippen LogP contribution is -2.34. The molecular weight excluding hydrogens is 244 g/mol. The molecule has 1 N–H and O–H groups in total. The van der Waals surface area contributed by atoms with Gasteiger partial charge >= 0.3 is 0 Å². The molecule has 1 heteroatoms. The summed E-state index contributed by atoms with van der Waals surface area (Å²) in [6.45, 7) is 3.81. The number of aliphatic hydroxyl groups is 1. The van der Waals surface area contributed by atoms with Gasteiger partial charge in [0.25, 0.3) is 0 Å². The fourth-order valence-electron chi connectivity index (χ4n) is 3.00. The first-order valence-corrected chi connectivity index (χ1v) is 7.13. The summed E-state index contributed by atoms with van der Waals surface area (Å²) >= 11 is 0. The minimum absolute atomic E-state index is 0.125. The number of fused-ring (bicyclic) bond motifs is 1. The van der Waals surface area contributed by atoms with Gasteiger partial charge in [0.1, 0.15) is 0 Å². The maximum atomic E-state index is 10.6. The fraction of sp³-hybridized carbons (Fsp3) is 0.263. The summed E-state index contributed by atoms with van der Waals surface area (Å²) in [6, 6.07) is 18.8. The summed E-state index contributed by atoms with van der Waals surface area (Å²) in [6.07, 6.45) is 3.12. The summed E-state index contributed by atoms with van der Waals surface area (Å²) in [7, 11) is 0. The van der Waals surface area contributed by atoms with E-state index < -0.39 is 5.60 Å². The highest BCUT2D eigenvalue weighted by atomic mass is 16.3. The van der Waals surface area contributed by atoms with Crippen molar-refractivity contribution in [1.82, 2.24) is 0 Å². The van der Waals surface area contributed by atoms with Crippen molar-refractivity contribution in [2.45, 2.75) is 25.9 Å². The van der Waals surface area contributed by atoms with Crippen LogP contribution in [0.3, 0.4) is 0 Å². The van der Waals surface area contributed by atoms with E-state index in [2.05, 4.69) is 54.6 Å². The van der Waals surface area contributed by atoms with Crippen molar-refractivity contribution in [1.29, 1.82) is 0 Å². The molecule has 2 aromatic carbocycles. The van der Waals surface area contributed by atoms with Crippen LogP contribution in [0.1, 0.15) is 30.5 Å². The van der Waals surface area contributed by atoms with Crippen LogP contribution in [0.15, 0.2) is 54.6 Å². The minimum Gasteiger partial charge on any atom is -0.390 e. The van der Waals surface area contributed by atoms with E-state index >= 15 is 0 Å². The molecule has 2 aromatic rings. The standard InChI is InChI=1S/C19H20O/c1-19(2,20)18-13-16-11-7-6-10-15(16)12-17(18)14-8-4-3-5-9-14/h3-12,18,20H,13H2,1-2H3. The van der Waals surface area contributed by atoms with E-state index in [1.165, 1.54) is 22.3 Å². The topological polar surface area (TPSA) is 20.2 Å². The average molecular weight is 264 g/mol. The molecule has 1 aliphatic carbocycles. The van der Waals surface area contributed by atoms with E-state index in [9.17, 15) is 5.11 Å². The van der Waals surface area contributed by atoms with Gasteiger partial charge in [-0.1, -0.05) is 60.7 Å². The van der Waals surface area contributed by atoms with Crippen LogP contribution < -0.4 is 0 Å². The zero-order chi connectivity index (χ0) is 14.2. The lowest BCUT2D eigenvalue weighted by atomic mass is 9.73. The smallest absolute Gasteiger partial charge is 0.0663 e. The molecule has 20 heavy (non-hydrogen) atoms. The second-order valence-corrected chi connectivity index (χ2v) is 6.07. The molecule has 0 spiro atoms. The first-order chi connectivity index (χ1) is 9.55. The van der Waals surface area contributed by atoms with Crippen LogP contribution in [-0.2, 0) is 6.42 Å². The van der Waals surface area contributed by atoms with Crippen LogP contribution in [0.2, 0.25) is 0 Å². The van der Waals surface area contributed by atoms with Crippen molar-refractivity contribution in [3.05, 3.63) is 71.3 Å². The predicted molar refractivity (Wildman–Crippen MR) is 84.2 cm³/mol. The molecule has 0 saturated carbocycles. The zero-order valence-electron chi connectivity index (χ0n) is 12.0. The summed E-state index contributed by atoms with van der Waals surface area (Å²) in [5.74, 6) is 0.125. The van der Waals surface area contributed by atoms with Gasteiger partial charge in [-0.15, -0.1) is 0 Å². The Morgan fingerprint density at radius 1 is 0.950 bits per heavy atom. The SMILES string of the molecule is CC(C)(O)C1Cc2ccccc2C=C1c1ccccc1. The Morgan fingerprint density at radius 2 is 1.60 bits per heavy atom. The molecule has 0 saturated heterocycles. The Bertz CT molecular complexity index is 632. The van der Waals surface area contributed by atoms with E-state index in [0.29, 0.717) is 0 Å². The van der Waals surface area contributed by atoms with Crippen molar-refractivity contribution in [2.75, 3.05) is 0 Å². The lowest BCUT2D eigenvalue weighted by Gasteiger charge is -2.35. The van der Waals surface area contributed by atoms with Gasteiger partial charge in [0.05, 0.1) is 5.60 Å². The Hall–Kier alpha value is -1.86. The van der Waals surface area contributed by atoms with Gasteiger partial charge in [0.15, 0.2) is 0 Å². The molecule has 0 amide bonds. The summed E-state index contributed by atoms with van der Waals surface area (Å²) in [5.41, 5.74) is 4.30. The number of benzene rings is 2. The van der Waals surface area contributed by atoms with Gasteiger partial charge in [-0.05, 0) is 42.5 Å². The average Bonchev–Trinajstić information content (AvgIpc) is 2.46. The minimum atomic E-state index is -0.727. The molecule has 1 atom stereocenters. The van der Waals surface area contributed by atoms with Gasteiger partial charge in [-0.25, -0.2) is 0 Å². The van der Waals surface area contributed by atoms with E-state index in [0.717, 1.165) is 6.42 Å². The highest BCUT2D eigenvalue weighted by molar-refractivity contribution is 5.86. The Kier molecular flexibility index (Phi) is 3.23. The molecule has 3 rings (SSSR count). The molecule has 0 heterocycles. The van der Waals surface area contributed by atoms with E-state index in [1.807, 2.05) is 19.9 Å². The normalized spacial score (nSPS) is 18.4. The van der Waals surface area contributed by atoms with Gasteiger partial charge in [0.2, 0.25) is 0 Å². The highest BCUT2D eigenvalue weighted by Gasteiger charge is 2.33. The number of hydrogen-bond donors (Lipinski definition) is 1. The largest absolute Gasteiger partial charge is 0.390 e. The van der Waals surface area contributed by atoms with E-state index in [4.69, 9.17) is 0 Å². The molecule has 0 aliphatic heterocycles. The third-order valence-electron chi connectivity index (χ3n) is 4.13. The molecule has 1 nitrogen and oxygen atoms in total. The van der Waals surface area contributed by atoms with Crippen LogP contribution in [0, 0.1) is 5.92 Å². The number of hydrogen-bond acceptors (Lipinski definition) is 1. The first kappa shape index (κ1) is 13.1. The van der Waals surface area contributed by atoms with E-state index in [1.54, 1.807) is 0 Å². The fourth-order valence-corrected chi connectivity index (χ4v) is 3.00. The third kappa shape index (κ3) is 2.41. The molecule has 0 radical (unpaired) electrons. The van der Waals surface area contributed by atoms with Crippen LogP contribution in [-0.4, -0.2) is 10.7 Å². The van der Waals surface area contributed by atoms with Crippen molar-refractivity contribution in [3.8, 4) is 0 Å². The summed E-state index contributed by atoms with van der Waals surface area (Å²) in [5, 5.41) is 10.6. The van der Waals surface area contributed by atoms with Crippen molar-refractivity contribution in [3.63, 3.8) is 0 Å². The van der Waals surface area contributed by atoms with Crippen LogP contribution in [0.5, 0.6) is 0 Å². The Balaban J connectivity index is 2.14. The molecule has 0 bridgehead atoms. The lowest BCUT2D eigenvalue weighted by molar-refractivity contribution is 0.0409. The van der Waals surface area contributed by atoms with Crippen molar-refractivity contribution >= 4 is 11.6 Å². The second-order valence-electron chi connectivity index (χ2n) is 6.07. The Morgan fingerprint density at radius 3 is 2.30 bits per heavy atom. The summed E-state index contributed by atoms with van der Waals surface area (Å²) < 4.78 is 0. The molecule has 1 unspecified atom stereocenters. The van der Waals surface area contributed by atoms with Gasteiger partial charge < -0.3 is 5.11 Å². The summed E-state index contributed by atoms with van der Waals surface area (Å²) in [4.78, 5) is 0.